The Hall–Kier alpha value is -1.33. The summed E-state index contributed by atoms with van der Waals surface area (Å²) in [6, 6.07) is 0.623. The fourth-order valence-corrected chi connectivity index (χ4v) is 2.24. The number of nitrogens with one attached hydrogen (secondary N) is 1. The zero-order chi connectivity index (χ0) is 15.5. The zero-order valence-corrected chi connectivity index (χ0v) is 13.2. The third-order valence-electron chi connectivity index (χ3n) is 2.31. The molecule has 0 aliphatic heterocycles. The number of ether oxygens (including phenoxy) is 1. The smallest absolute Gasteiger partial charge is 0.408 e. The lowest BCUT2D eigenvalue weighted by atomic mass is 10.1. The normalized spacial score (nSPS) is 12.7. The van der Waals surface area contributed by atoms with E-state index in [4.69, 9.17) is 27.9 Å². The molecule has 0 fully saturated rings. The first-order chi connectivity index (χ1) is 9.14. The van der Waals surface area contributed by atoms with Crippen LogP contribution in [0.4, 0.5) is 4.79 Å². The second kappa shape index (κ2) is 6.41. The van der Waals surface area contributed by atoms with Gasteiger partial charge in [0.25, 0.3) is 0 Å². The molecule has 1 N–H and O–H groups in total. The molecule has 0 spiro atoms. The average molecular weight is 319 g/mol. The van der Waals surface area contributed by atoms with Crippen molar-refractivity contribution in [1.29, 1.82) is 0 Å². The zero-order valence-electron chi connectivity index (χ0n) is 11.7. The number of halogens is 2. The second-order valence-corrected chi connectivity index (χ2v) is 5.97. The van der Waals surface area contributed by atoms with Crippen molar-refractivity contribution in [3.63, 3.8) is 0 Å². The van der Waals surface area contributed by atoms with Gasteiger partial charge in [0.05, 0.1) is 0 Å². The van der Waals surface area contributed by atoms with Crippen LogP contribution in [0.1, 0.15) is 37.9 Å². The number of nitrogens with zero attached hydrogens (tertiary/aromatic N) is 1. The predicted octanol–water partition coefficient (Wildman–Crippen LogP) is 3.46. The number of hydrogen-bond donors (Lipinski definition) is 1. The molecule has 0 aromatic carbocycles. The molecule has 20 heavy (non-hydrogen) atoms. The van der Waals surface area contributed by atoms with Gasteiger partial charge in [-0.25, -0.2) is 9.78 Å². The van der Waals surface area contributed by atoms with E-state index in [2.05, 4.69) is 10.3 Å². The van der Waals surface area contributed by atoms with Crippen LogP contribution in [0.3, 0.4) is 0 Å². The number of pyridine rings is 1. The van der Waals surface area contributed by atoms with E-state index >= 15 is 0 Å². The number of carbonyl (C=O) groups is 2. The maximum Gasteiger partial charge on any atom is 0.408 e. The molecular weight excluding hydrogens is 303 g/mol. The van der Waals surface area contributed by atoms with Crippen molar-refractivity contribution in [3.05, 3.63) is 27.5 Å². The van der Waals surface area contributed by atoms with Gasteiger partial charge in [0.1, 0.15) is 28.2 Å². The quantitative estimate of drug-likeness (QED) is 0.684. The fourth-order valence-electron chi connectivity index (χ4n) is 1.59. The molecule has 1 amide bonds. The van der Waals surface area contributed by atoms with Crippen LogP contribution >= 0.6 is 23.2 Å². The lowest BCUT2D eigenvalue weighted by molar-refractivity contribution is -0.109. The molecule has 0 aliphatic carbocycles. The van der Waals surface area contributed by atoms with Crippen molar-refractivity contribution in [2.75, 3.05) is 0 Å². The summed E-state index contributed by atoms with van der Waals surface area (Å²) in [5, 5.41) is 2.74. The maximum atomic E-state index is 11.7. The molecule has 110 valence electrons. The van der Waals surface area contributed by atoms with E-state index < -0.39 is 17.7 Å². The molecule has 7 heteroatoms. The van der Waals surface area contributed by atoms with Gasteiger partial charge in [0.2, 0.25) is 0 Å². The standard InChI is InChI=1S/C13H16Cl2N2O3/c1-7-5-9(14)17-11(15)10(7)8(6-18)16-12(19)20-13(2,3)4/h5-6,8H,1-4H3,(H,16,19). The van der Waals surface area contributed by atoms with Crippen LogP contribution in [0, 0.1) is 6.92 Å². The third kappa shape index (κ3) is 4.65. The molecule has 5 nitrogen and oxygen atoms in total. The first-order valence-corrected chi connectivity index (χ1v) is 6.67. The Morgan fingerprint density at radius 2 is 2.05 bits per heavy atom. The van der Waals surface area contributed by atoms with Crippen LogP contribution in [0.2, 0.25) is 10.3 Å². The van der Waals surface area contributed by atoms with Crippen molar-refractivity contribution < 1.29 is 14.3 Å². The molecule has 1 aromatic heterocycles. The summed E-state index contributed by atoms with van der Waals surface area (Å²) in [5.41, 5.74) is 0.398. The number of carbonyl (C=O) groups excluding carboxylic acids is 2. The predicted molar refractivity (Wildman–Crippen MR) is 77.2 cm³/mol. The van der Waals surface area contributed by atoms with Gasteiger partial charge in [-0.1, -0.05) is 23.2 Å². The molecule has 1 unspecified atom stereocenters. The Morgan fingerprint density at radius 3 is 2.50 bits per heavy atom. The summed E-state index contributed by atoms with van der Waals surface area (Å²) < 4.78 is 5.10. The summed E-state index contributed by atoms with van der Waals surface area (Å²) >= 11 is 11.7. The van der Waals surface area contributed by atoms with E-state index in [1.54, 1.807) is 33.8 Å². The fraction of sp³-hybridized carbons (Fsp3) is 0.462. The number of amides is 1. The summed E-state index contributed by atoms with van der Waals surface area (Å²) in [6.45, 7) is 6.90. The molecule has 0 radical (unpaired) electrons. The number of aromatic nitrogens is 1. The maximum absolute atomic E-state index is 11.7. The van der Waals surface area contributed by atoms with Gasteiger partial charge in [-0.05, 0) is 39.3 Å². The first kappa shape index (κ1) is 16.7. The molecular formula is C13H16Cl2N2O3. The summed E-state index contributed by atoms with van der Waals surface area (Å²) in [6.07, 6.45) is -0.145. The van der Waals surface area contributed by atoms with Crippen molar-refractivity contribution >= 4 is 35.6 Å². The van der Waals surface area contributed by atoms with Gasteiger partial charge in [-0.15, -0.1) is 0 Å². The first-order valence-electron chi connectivity index (χ1n) is 5.91. The number of rotatable bonds is 3. The van der Waals surface area contributed by atoms with Crippen molar-refractivity contribution in [2.45, 2.75) is 39.3 Å². The Morgan fingerprint density at radius 1 is 1.45 bits per heavy atom. The highest BCUT2D eigenvalue weighted by Crippen LogP contribution is 2.26. The van der Waals surface area contributed by atoms with Crippen LogP contribution in [0.15, 0.2) is 6.07 Å². The van der Waals surface area contributed by atoms with Crippen LogP contribution < -0.4 is 5.32 Å². The second-order valence-electron chi connectivity index (χ2n) is 5.23. The van der Waals surface area contributed by atoms with E-state index in [-0.39, 0.29) is 10.3 Å². The van der Waals surface area contributed by atoms with Crippen LogP contribution in [0.25, 0.3) is 0 Å². The Balaban J connectivity index is 2.98. The molecule has 0 bridgehead atoms. The van der Waals surface area contributed by atoms with E-state index in [1.807, 2.05) is 0 Å². The van der Waals surface area contributed by atoms with E-state index in [0.717, 1.165) is 0 Å². The third-order valence-corrected chi connectivity index (χ3v) is 2.79. The summed E-state index contributed by atoms with van der Waals surface area (Å²) in [5.74, 6) is 0. The minimum absolute atomic E-state index is 0.0724. The Labute approximate surface area is 127 Å². The Kier molecular flexibility index (Phi) is 5.36. The number of hydrogen-bond acceptors (Lipinski definition) is 4. The largest absolute Gasteiger partial charge is 0.444 e. The highest BCUT2D eigenvalue weighted by molar-refractivity contribution is 6.33. The van der Waals surface area contributed by atoms with Gasteiger partial charge in [0.15, 0.2) is 0 Å². The lowest BCUT2D eigenvalue weighted by Crippen LogP contribution is -2.36. The number of aldehydes is 1. The summed E-state index contributed by atoms with van der Waals surface area (Å²) in [4.78, 5) is 26.8. The molecule has 1 aromatic rings. The minimum Gasteiger partial charge on any atom is -0.444 e. The minimum atomic E-state index is -0.942. The van der Waals surface area contributed by atoms with Gasteiger partial charge in [-0.2, -0.15) is 0 Å². The van der Waals surface area contributed by atoms with Gasteiger partial charge in [-0.3, -0.25) is 0 Å². The molecule has 0 saturated heterocycles. The van der Waals surface area contributed by atoms with Crippen molar-refractivity contribution in [2.24, 2.45) is 0 Å². The van der Waals surface area contributed by atoms with Gasteiger partial charge in [0, 0.05) is 5.56 Å². The van der Waals surface area contributed by atoms with E-state index in [1.165, 1.54) is 0 Å². The summed E-state index contributed by atoms with van der Waals surface area (Å²) in [7, 11) is 0. The molecule has 1 rings (SSSR count). The lowest BCUT2D eigenvalue weighted by Gasteiger charge is -2.22. The van der Waals surface area contributed by atoms with Gasteiger partial charge < -0.3 is 14.8 Å². The highest BCUT2D eigenvalue weighted by Gasteiger charge is 2.23. The van der Waals surface area contributed by atoms with Crippen LogP contribution in [-0.2, 0) is 9.53 Å². The topological polar surface area (TPSA) is 68.3 Å². The molecule has 1 heterocycles. The average Bonchev–Trinajstić information content (AvgIpc) is 2.23. The van der Waals surface area contributed by atoms with Gasteiger partial charge >= 0.3 is 6.09 Å². The number of alkyl carbamates (subject to hydrolysis) is 1. The Bertz CT molecular complexity index is 504. The SMILES string of the molecule is Cc1cc(Cl)nc(Cl)c1C(C=O)NC(=O)OC(C)(C)C. The monoisotopic (exact) mass is 318 g/mol. The van der Waals surface area contributed by atoms with E-state index in [0.29, 0.717) is 17.4 Å². The van der Waals surface area contributed by atoms with Crippen LogP contribution in [0.5, 0.6) is 0 Å². The number of aryl methyl sites for hydroxylation is 1. The van der Waals surface area contributed by atoms with Crippen LogP contribution in [-0.4, -0.2) is 23.0 Å². The van der Waals surface area contributed by atoms with E-state index in [9.17, 15) is 9.59 Å². The molecule has 1 atom stereocenters. The van der Waals surface area contributed by atoms with Crippen molar-refractivity contribution in [3.8, 4) is 0 Å². The molecule has 0 aliphatic rings. The van der Waals surface area contributed by atoms with Crippen molar-refractivity contribution in [1.82, 2.24) is 10.3 Å². The molecule has 0 saturated carbocycles. The highest BCUT2D eigenvalue weighted by atomic mass is 35.5.